The Morgan fingerprint density at radius 3 is 2.11 bits per heavy atom. The minimum Gasteiger partial charge on any atom is -0.603 e. The number of hydrogen-bond donors (Lipinski definition) is 0. The fraction of sp³-hybridized carbons (Fsp3) is 0.786. The van der Waals surface area contributed by atoms with Gasteiger partial charge in [0.05, 0.1) is 11.0 Å². The van der Waals surface area contributed by atoms with E-state index < -0.39 is 22.4 Å². The molecular formula is C14H23O4Re-. The van der Waals surface area contributed by atoms with E-state index in [9.17, 15) is 9.59 Å². The Kier molecular flexibility index (Phi) is 5.31. The van der Waals surface area contributed by atoms with Crippen molar-refractivity contribution >= 4 is 11.9 Å². The van der Waals surface area contributed by atoms with E-state index in [0.29, 0.717) is 6.42 Å². The summed E-state index contributed by atoms with van der Waals surface area (Å²) in [6.07, 6.45) is 0.761. The van der Waals surface area contributed by atoms with Crippen LogP contribution in [0, 0.1) is 16.9 Å². The van der Waals surface area contributed by atoms with Gasteiger partial charge in [0.2, 0.25) is 5.97 Å². The number of carbonyl (C=O) groups is 2. The first kappa shape index (κ1) is 18.5. The Morgan fingerprint density at radius 2 is 1.79 bits per heavy atom. The summed E-state index contributed by atoms with van der Waals surface area (Å²) in [5.74, 6) is -0.923. The van der Waals surface area contributed by atoms with Crippen molar-refractivity contribution in [2.75, 3.05) is 0 Å². The molecule has 0 atom stereocenters. The smallest absolute Gasteiger partial charge is 0.284 e. The van der Waals surface area contributed by atoms with Crippen molar-refractivity contribution < 1.29 is 39.5 Å². The number of hydrogen-bond acceptors (Lipinski definition) is 4. The van der Waals surface area contributed by atoms with Gasteiger partial charge in [0.15, 0.2) is 0 Å². The molecule has 1 aliphatic rings. The van der Waals surface area contributed by atoms with Crippen LogP contribution in [0.5, 0.6) is 0 Å². The number of rotatable bonds is 3. The standard InChI is InChI=1S/C14H23O4.Re/c1-8-12(2,3)11(16)17-9-10(15)18-14(6,7)13(9,4)5;/h8H2,1-7H3;/q-1;. The zero-order valence-electron chi connectivity index (χ0n) is 12.7. The molecule has 0 saturated carbocycles. The van der Waals surface area contributed by atoms with Gasteiger partial charge in [-0.1, -0.05) is 32.3 Å². The quantitative estimate of drug-likeness (QED) is 0.499. The topological polar surface area (TPSA) is 52.6 Å². The molecule has 5 heteroatoms. The second-order valence-corrected chi connectivity index (χ2v) is 6.48. The van der Waals surface area contributed by atoms with Gasteiger partial charge >= 0.3 is 0 Å². The molecule has 0 aromatic heterocycles. The molecule has 1 fully saturated rings. The summed E-state index contributed by atoms with van der Waals surface area (Å²) in [4.78, 5) is 23.9. The maximum atomic E-state index is 12.0. The Balaban J connectivity index is 0.00000324. The minimum atomic E-state index is -0.671. The van der Waals surface area contributed by atoms with Crippen LogP contribution in [-0.4, -0.2) is 17.5 Å². The summed E-state index contributed by atoms with van der Waals surface area (Å²) in [5, 5.41) is 0. The molecule has 0 aromatic carbocycles. The fourth-order valence-corrected chi connectivity index (χ4v) is 1.48. The SMILES string of the molecule is CCC(C)(C)C(=O)O[C-]1C(=O)OC(C)(C)C1(C)C.[Re]. The average Bonchev–Trinajstić information content (AvgIpc) is 2.37. The minimum absolute atomic E-state index is 0. The Hall–Kier alpha value is -0.528. The molecule has 0 aliphatic carbocycles. The van der Waals surface area contributed by atoms with E-state index in [1.807, 2.05) is 34.6 Å². The predicted molar refractivity (Wildman–Crippen MR) is 67.4 cm³/mol. The van der Waals surface area contributed by atoms with Gasteiger partial charge in [0, 0.05) is 20.4 Å². The average molecular weight is 442 g/mol. The van der Waals surface area contributed by atoms with Crippen molar-refractivity contribution in [1.82, 2.24) is 0 Å². The Labute approximate surface area is 129 Å². The molecule has 0 amide bonds. The zero-order valence-corrected chi connectivity index (χ0v) is 15.4. The van der Waals surface area contributed by atoms with E-state index in [4.69, 9.17) is 9.47 Å². The molecule has 1 saturated heterocycles. The molecule has 0 unspecified atom stereocenters. The molecule has 0 aromatic rings. The van der Waals surface area contributed by atoms with E-state index in [0.717, 1.165) is 0 Å². The summed E-state index contributed by atoms with van der Waals surface area (Å²) in [6, 6.07) is 0. The molecule has 1 rings (SSSR count). The van der Waals surface area contributed by atoms with Crippen LogP contribution < -0.4 is 0 Å². The third-order valence-electron chi connectivity index (χ3n) is 4.24. The van der Waals surface area contributed by atoms with Crippen molar-refractivity contribution in [2.24, 2.45) is 10.8 Å². The largest absolute Gasteiger partial charge is 0.603 e. The molecule has 0 bridgehead atoms. The second-order valence-electron chi connectivity index (χ2n) is 6.48. The molecular weight excluding hydrogens is 418 g/mol. The van der Waals surface area contributed by atoms with E-state index in [1.54, 1.807) is 13.8 Å². The first-order valence-electron chi connectivity index (χ1n) is 6.29. The molecule has 19 heavy (non-hydrogen) atoms. The van der Waals surface area contributed by atoms with Crippen LogP contribution in [0.2, 0.25) is 0 Å². The second kappa shape index (κ2) is 5.46. The number of esters is 2. The summed E-state index contributed by atoms with van der Waals surface area (Å²) in [7, 11) is 0. The van der Waals surface area contributed by atoms with Crippen LogP contribution in [0.3, 0.4) is 0 Å². The van der Waals surface area contributed by atoms with Crippen LogP contribution in [0.15, 0.2) is 0 Å². The van der Waals surface area contributed by atoms with Gasteiger partial charge in [0.25, 0.3) is 5.97 Å². The van der Waals surface area contributed by atoms with Crippen LogP contribution in [0.1, 0.15) is 54.9 Å². The van der Waals surface area contributed by atoms with Gasteiger partial charge in [0.1, 0.15) is 0 Å². The van der Waals surface area contributed by atoms with Crippen molar-refractivity contribution in [3.8, 4) is 0 Å². The van der Waals surface area contributed by atoms with E-state index >= 15 is 0 Å². The van der Waals surface area contributed by atoms with Crippen LogP contribution in [0.25, 0.3) is 0 Å². The Morgan fingerprint density at radius 1 is 1.32 bits per heavy atom. The summed E-state index contributed by atoms with van der Waals surface area (Å²) in [5.41, 5.74) is -1.89. The van der Waals surface area contributed by atoms with E-state index in [2.05, 4.69) is 0 Å². The third kappa shape index (κ3) is 3.14. The third-order valence-corrected chi connectivity index (χ3v) is 4.24. The number of ether oxygens (including phenoxy) is 2. The molecule has 4 nitrogen and oxygen atoms in total. The van der Waals surface area contributed by atoms with Crippen molar-refractivity contribution in [3.05, 3.63) is 6.10 Å². The molecule has 1 radical (unpaired) electrons. The molecule has 1 heterocycles. The summed E-state index contributed by atoms with van der Waals surface area (Å²) >= 11 is 0. The van der Waals surface area contributed by atoms with Gasteiger partial charge in [-0.2, -0.15) is 0 Å². The van der Waals surface area contributed by atoms with Crippen molar-refractivity contribution in [1.29, 1.82) is 0 Å². The maximum Gasteiger partial charge on any atom is 0.284 e. The predicted octanol–water partition coefficient (Wildman–Crippen LogP) is 2.86. The molecule has 1 aliphatic heterocycles. The van der Waals surface area contributed by atoms with E-state index in [-0.39, 0.29) is 32.5 Å². The van der Waals surface area contributed by atoms with Gasteiger partial charge in [-0.25, -0.2) is 0 Å². The normalized spacial score (nSPS) is 20.6. The van der Waals surface area contributed by atoms with Gasteiger partial charge in [-0.3, -0.25) is 9.59 Å². The number of carbonyl (C=O) groups excluding carboxylic acids is 2. The first-order valence-corrected chi connectivity index (χ1v) is 6.29. The van der Waals surface area contributed by atoms with Gasteiger partial charge in [-0.15, -0.1) is 0 Å². The summed E-state index contributed by atoms with van der Waals surface area (Å²) in [6.45, 7) is 12.8. The van der Waals surface area contributed by atoms with Crippen LogP contribution >= 0.6 is 0 Å². The first-order chi connectivity index (χ1) is 7.95. The van der Waals surface area contributed by atoms with Crippen LogP contribution in [0.4, 0.5) is 0 Å². The molecule has 0 spiro atoms. The molecule has 0 N–H and O–H groups in total. The monoisotopic (exact) mass is 442 g/mol. The Bertz CT molecular complexity index is 372. The van der Waals surface area contributed by atoms with Crippen LogP contribution in [-0.2, 0) is 39.5 Å². The van der Waals surface area contributed by atoms with Crippen molar-refractivity contribution in [3.63, 3.8) is 0 Å². The summed E-state index contributed by atoms with van der Waals surface area (Å²) < 4.78 is 10.6. The fourth-order valence-electron chi connectivity index (χ4n) is 1.48. The van der Waals surface area contributed by atoms with Gasteiger partial charge in [-0.05, 0) is 34.1 Å². The number of cyclic esters (lactones) is 1. The van der Waals surface area contributed by atoms with E-state index in [1.165, 1.54) is 0 Å². The maximum absolute atomic E-state index is 12.0. The zero-order chi connectivity index (χ0) is 14.4. The van der Waals surface area contributed by atoms with Gasteiger partial charge < -0.3 is 9.47 Å². The molecule has 111 valence electrons. The van der Waals surface area contributed by atoms with Crippen molar-refractivity contribution in [2.45, 2.75) is 60.5 Å².